The second kappa shape index (κ2) is 5.96. The van der Waals surface area contributed by atoms with E-state index in [1.54, 1.807) is 0 Å². The highest BCUT2D eigenvalue weighted by atomic mass is 16.3. The molecule has 84 valence electrons. The van der Waals surface area contributed by atoms with Gasteiger partial charge in [0.2, 0.25) is 5.96 Å². The van der Waals surface area contributed by atoms with Crippen LogP contribution in [-0.4, -0.2) is 24.7 Å². The molecule has 0 saturated heterocycles. The lowest BCUT2D eigenvalue weighted by Crippen LogP contribution is -2.25. The number of nitrogens with zero attached hydrogens (tertiary/aromatic N) is 2. The van der Waals surface area contributed by atoms with Crippen LogP contribution in [0, 0.1) is 10.8 Å². The Balaban J connectivity index is 2.66. The summed E-state index contributed by atoms with van der Waals surface area (Å²) in [5, 5.41) is 21.0. The molecule has 0 unspecified atom stereocenters. The summed E-state index contributed by atoms with van der Waals surface area (Å²) in [7, 11) is 0. The Labute approximate surface area is 91.2 Å². The maximum atomic E-state index is 6.88. The van der Waals surface area contributed by atoms with Crippen LogP contribution >= 0.6 is 0 Å². The van der Waals surface area contributed by atoms with Crippen LogP contribution in [-0.2, 0) is 0 Å². The monoisotopic (exact) mass is 221 g/mol. The zero-order valence-corrected chi connectivity index (χ0v) is 8.27. The van der Waals surface area contributed by atoms with E-state index < -0.39 is 0 Å². The molecule has 0 aliphatic heterocycles. The Morgan fingerprint density at radius 3 is 2.50 bits per heavy atom. The van der Waals surface area contributed by atoms with Gasteiger partial charge in [-0.2, -0.15) is 10.2 Å². The molecule has 0 aromatic carbocycles. The fourth-order valence-corrected chi connectivity index (χ4v) is 0.842. The van der Waals surface area contributed by atoms with Crippen LogP contribution in [0.4, 0.5) is 0 Å². The van der Waals surface area contributed by atoms with Crippen molar-refractivity contribution >= 4 is 24.7 Å². The van der Waals surface area contributed by atoms with Crippen molar-refractivity contribution in [2.24, 2.45) is 15.9 Å². The number of nitrogens with one attached hydrogen (secondary N) is 4. The van der Waals surface area contributed by atoms with Crippen molar-refractivity contribution < 1.29 is 4.42 Å². The average Bonchev–Trinajstić information content (AvgIpc) is 2.66. The van der Waals surface area contributed by atoms with Gasteiger partial charge in [0.25, 0.3) is 0 Å². The lowest BCUT2D eigenvalue weighted by Gasteiger charge is -1.93. The van der Waals surface area contributed by atoms with Crippen molar-refractivity contribution in [2.75, 3.05) is 0 Å². The van der Waals surface area contributed by atoms with E-state index in [-0.39, 0.29) is 5.96 Å². The molecule has 16 heavy (non-hydrogen) atoms. The highest BCUT2D eigenvalue weighted by Gasteiger charge is 1.99. The van der Waals surface area contributed by atoms with Crippen LogP contribution < -0.4 is 16.6 Å². The summed E-state index contributed by atoms with van der Waals surface area (Å²) in [6.45, 7) is 0. The first kappa shape index (κ1) is 11.4. The highest BCUT2D eigenvalue weighted by Crippen LogP contribution is 2.04. The summed E-state index contributed by atoms with van der Waals surface area (Å²) in [5.41, 5.74) is 11.0. The molecule has 0 bridgehead atoms. The van der Waals surface area contributed by atoms with Crippen LogP contribution in [0.15, 0.2) is 27.1 Å². The lowest BCUT2D eigenvalue weighted by molar-refractivity contribution is 0.566. The minimum absolute atomic E-state index is 0.250. The Hall–Kier alpha value is -2.64. The molecule has 1 rings (SSSR count). The van der Waals surface area contributed by atoms with Gasteiger partial charge >= 0.3 is 0 Å². The van der Waals surface area contributed by atoms with E-state index in [0.717, 1.165) is 6.34 Å². The lowest BCUT2D eigenvalue weighted by atomic mass is 10.2. The van der Waals surface area contributed by atoms with Gasteiger partial charge < -0.3 is 10.2 Å². The van der Waals surface area contributed by atoms with E-state index in [4.69, 9.17) is 21.0 Å². The molecular weight excluding hydrogens is 210 g/mol. The zero-order chi connectivity index (χ0) is 11.8. The van der Waals surface area contributed by atoms with Crippen LogP contribution in [0.2, 0.25) is 0 Å². The van der Waals surface area contributed by atoms with E-state index in [1.807, 2.05) is 0 Å². The Morgan fingerprint density at radius 2 is 1.94 bits per heavy atom. The van der Waals surface area contributed by atoms with Crippen molar-refractivity contribution in [2.45, 2.75) is 0 Å². The molecule has 8 nitrogen and oxygen atoms in total. The molecule has 0 radical (unpaired) electrons. The second-order valence-electron chi connectivity index (χ2n) is 2.60. The predicted molar refractivity (Wildman–Crippen MR) is 60.9 cm³/mol. The quantitative estimate of drug-likeness (QED) is 0.263. The SMILES string of the molecule is N=CN/N=C/c1cocc1/C=N/NC(=N)N. The van der Waals surface area contributed by atoms with Gasteiger partial charge in [0.05, 0.1) is 31.3 Å². The molecule has 0 aliphatic rings. The van der Waals surface area contributed by atoms with Gasteiger partial charge in [0.1, 0.15) is 0 Å². The van der Waals surface area contributed by atoms with Crippen LogP contribution in [0.25, 0.3) is 0 Å². The number of hydrazone groups is 2. The fourth-order valence-electron chi connectivity index (χ4n) is 0.842. The van der Waals surface area contributed by atoms with Crippen molar-refractivity contribution in [1.29, 1.82) is 10.8 Å². The average molecular weight is 221 g/mol. The summed E-state index contributed by atoms with van der Waals surface area (Å²) < 4.78 is 4.95. The third kappa shape index (κ3) is 3.62. The molecule has 6 N–H and O–H groups in total. The van der Waals surface area contributed by atoms with Crippen LogP contribution in [0.5, 0.6) is 0 Å². The van der Waals surface area contributed by atoms with Gasteiger partial charge in [-0.25, -0.2) is 5.43 Å². The molecule has 8 heteroatoms. The maximum absolute atomic E-state index is 6.88. The van der Waals surface area contributed by atoms with Gasteiger partial charge in [-0.1, -0.05) is 0 Å². The summed E-state index contributed by atoms with van der Waals surface area (Å²) in [5.74, 6) is -0.250. The third-order valence-corrected chi connectivity index (χ3v) is 1.45. The molecule has 1 aromatic heterocycles. The molecular formula is C8H11N7O. The van der Waals surface area contributed by atoms with Gasteiger partial charge in [-0.15, -0.1) is 0 Å². The van der Waals surface area contributed by atoms with Gasteiger partial charge in [-0.3, -0.25) is 16.2 Å². The normalized spacial score (nSPS) is 10.8. The molecule has 0 saturated carbocycles. The number of hydrogen-bond acceptors (Lipinski definition) is 5. The highest BCUT2D eigenvalue weighted by molar-refractivity contribution is 5.94. The minimum Gasteiger partial charge on any atom is -0.471 e. The topological polar surface area (TPSA) is 136 Å². The summed E-state index contributed by atoms with van der Waals surface area (Å²) in [4.78, 5) is 0. The molecule has 1 heterocycles. The first-order valence-electron chi connectivity index (χ1n) is 4.21. The Kier molecular flexibility index (Phi) is 4.26. The molecule has 0 amide bonds. The Bertz CT molecular complexity index is 420. The molecule has 0 aliphatic carbocycles. The number of nitrogens with two attached hydrogens (primary N) is 1. The standard InChI is InChI=1S/C8H11N7O/c9-5-14-12-1-6-3-16-4-7(6)2-13-15-8(10)11/h1-5H,(H2,9,14)(H4,10,11,15)/b12-1+,13-2+. The molecule has 1 aromatic rings. The number of hydrogen-bond donors (Lipinski definition) is 5. The maximum Gasteiger partial charge on any atom is 0.206 e. The van der Waals surface area contributed by atoms with E-state index >= 15 is 0 Å². The van der Waals surface area contributed by atoms with E-state index in [2.05, 4.69) is 21.1 Å². The Morgan fingerprint density at radius 1 is 1.31 bits per heavy atom. The first-order valence-corrected chi connectivity index (χ1v) is 4.21. The zero-order valence-electron chi connectivity index (χ0n) is 8.27. The van der Waals surface area contributed by atoms with Crippen molar-refractivity contribution in [3.05, 3.63) is 23.7 Å². The van der Waals surface area contributed by atoms with E-state index in [0.29, 0.717) is 11.1 Å². The number of guanidine groups is 1. The third-order valence-electron chi connectivity index (χ3n) is 1.45. The summed E-state index contributed by atoms with van der Waals surface area (Å²) in [6.07, 6.45) is 6.81. The smallest absolute Gasteiger partial charge is 0.206 e. The van der Waals surface area contributed by atoms with Gasteiger partial charge in [0, 0.05) is 11.1 Å². The van der Waals surface area contributed by atoms with Crippen molar-refractivity contribution in [1.82, 2.24) is 10.9 Å². The second-order valence-corrected chi connectivity index (χ2v) is 2.60. The summed E-state index contributed by atoms with van der Waals surface area (Å²) >= 11 is 0. The van der Waals surface area contributed by atoms with Crippen LogP contribution in [0.3, 0.4) is 0 Å². The minimum atomic E-state index is -0.250. The van der Waals surface area contributed by atoms with Crippen molar-refractivity contribution in [3.8, 4) is 0 Å². The van der Waals surface area contributed by atoms with E-state index in [1.165, 1.54) is 25.0 Å². The number of furan rings is 1. The first-order chi connectivity index (χ1) is 7.74. The number of rotatable bonds is 5. The molecule has 0 spiro atoms. The van der Waals surface area contributed by atoms with E-state index in [9.17, 15) is 0 Å². The van der Waals surface area contributed by atoms with Gasteiger partial charge in [-0.05, 0) is 0 Å². The summed E-state index contributed by atoms with van der Waals surface area (Å²) in [6, 6.07) is 0. The predicted octanol–water partition coefficient (Wildman–Crippen LogP) is -0.373. The van der Waals surface area contributed by atoms with Crippen molar-refractivity contribution in [3.63, 3.8) is 0 Å². The van der Waals surface area contributed by atoms with Gasteiger partial charge in [0.15, 0.2) is 0 Å². The molecule has 0 atom stereocenters. The molecule has 0 fully saturated rings. The van der Waals surface area contributed by atoms with Crippen LogP contribution in [0.1, 0.15) is 11.1 Å². The largest absolute Gasteiger partial charge is 0.471 e. The fraction of sp³-hybridized carbons (Fsp3) is 0.